The number of rotatable bonds is 5. The highest BCUT2D eigenvalue weighted by Gasteiger charge is 2.17. The molecule has 116 valence electrons. The number of benzene rings is 1. The number of carbonyl (C=O) groups excluding carboxylic acids is 1. The van der Waals surface area contributed by atoms with Gasteiger partial charge in [-0.3, -0.25) is 9.59 Å². The van der Waals surface area contributed by atoms with Crippen molar-refractivity contribution in [3.8, 4) is 5.75 Å². The van der Waals surface area contributed by atoms with Gasteiger partial charge < -0.3 is 20.4 Å². The highest BCUT2D eigenvalue weighted by molar-refractivity contribution is 5.94. The number of amides is 1. The molecule has 2 rings (SSSR count). The largest absolute Gasteiger partial charge is 0.492 e. The highest BCUT2D eigenvalue weighted by Crippen LogP contribution is 2.24. The number of aromatic nitrogens is 1. The third-order valence-electron chi connectivity index (χ3n) is 3.20. The number of ether oxygens (including phenoxy) is 1. The molecule has 2 aromatic rings. The number of para-hydroxylation sites is 2. The second kappa shape index (κ2) is 6.80. The van der Waals surface area contributed by atoms with Gasteiger partial charge in [0.2, 0.25) is 5.91 Å². The van der Waals surface area contributed by atoms with Gasteiger partial charge in [0.25, 0.3) is 5.56 Å². The van der Waals surface area contributed by atoms with Crippen molar-refractivity contribution in [1.82, 2.24) is 4.57 Å². The van der Waals surface area contributed by atoms with E-state index in [0.29, 0.717) is 23.7 Å². The van der Waals surface area contributed by atoms with Crippen molar-refractivity contribution in [2.75, 3.05) is 17.7 Å². The van der Waals surface area contributed by atoms with Crippen molar-refractivity contribution in [3.05, 3.63) is 52.9 Å². The summed E-state index contributed by atoms with van der Waals surface area (Å²) in [5.74, 6) is 0.269. The van der Waals surface area contributed by atoms with Crippen LogP contribution in [0.1, 0.15) is 19.9 Å². The maximum absolute atomic E-state index is 12.4. The SMILES string of the molecule is CCOc1ccccc1NC(=O)C(C)n1cc(N)ccc1=O. The van der Waals surface area contributed by atoms with E-state index in [9.17, 15) is 9.59 Å². The molecule has 1 aromatic heterocycles. The van der Waals surface area contributed by atoms with Crippen LogP contribution in [0, 0.1) is 0 Å². The molecule has 0 aliphatic carbocycles. The molecule has 1 heterocycles. The van der Waals surface area contributed by atoms with E-state index in [1.54, 1.807) is 25.1 Å². The summed E-state index contributed by atoms with van der Waals surface area (Å²) < 4.78 is 6.76. The molecule has 0 bridgehead atoms. The molecule has 0 aliphatic rings. The molecule has 1 atom stereocenters. The van der Waals surface area contributed by atoms with E-state index in [2.05, 4.69) is 5.32 Å². The number of hydrogen-bond acceptors (Lipinski definition) is 4. The number of nitrogens with one attached hydrogen (secondary N) is 1. The number of pyridine rings is 1. The zero-order valence-corrected chi connectivity index (χ0v) is 12.6. The zero-order valence-electron chi connectivity index (χ0n) is 12.6. The lowest BCUT2D eigenvalue weighted by Gasteiger charge is -2.17. The lowest BCUT2D eigenvalue weighted by Crippen LogP contribution is -2.31. The Morgan fingerprint density at radius 1 is 1.32 bits per heavy atom. The summed E-state index contributed by atoms with van der Waals surface area (Å²) in [7, 11) is 0. The molecule has 0 saturated carbocycles. The number of nitrogens with two attached hydrogens (primary N) is 1. The number of carbonyl (C=O) groups is 1. The Morgan fingerprint density at radius 2 is 2.05 bits per heavy atom. The molecule has 1 unspecified atom stereocenters. The molecule has 0 spiro atoms. The molecule has 6 nitrogen and oxygen atoms in total. The van der Waals surface area contributed by atoms with E-state index in [0.717, 1.165) is 0 Å². The molecular weight excluding hydrogens is 282 g/mol. The molecule has 1 aromatic carbocycles. The van der Waals surface area contributed by atoms with Gasteiger partial charge in [-0.2, -0.15) is 0 Å². The van der Waals surface area contributed by atoms with Gasteiger partial charge >= 0.3 is 0 Å². The molecule has 0 fully saturated rings. The molecule has 22 heavy (non-hydrogen) atoms. The van der Waals surface area contributed by atoms with Crippen LogP contribution in [0.4, 0.5) is 11.4 Å². The first-order chi connectivity index (χ1) is 10.5. The minimum absolute atomic E-state index is 0.282. The molecule has 6 heteroatoms. The van der Waals surface area contributed by atoms with E-state index in [1.165, 1.54) is 22.9 Å². The fourth-order valence-electron chi connectivity index (χ4n) is 2.04. The average Bonchev–Trinajstić information content (AvgIpc) is 2.51. The predicted octanol–water partition coefficient (Wildman–Crippen LogP) is 2.03. The van der Waals surface area contributed by atoms with E-state index >= 15 is 0 Å². The number of anilines is 2. The summed E-state index contributed by atoms with van der Waals surface area (Å²) in [5.41, 5.74) is 6.38. The quantitative estimate of drug-likeness (QED) is 0.884. The van der Waals surface area contributed by atoms with Crippen LogP contribution in [-0.4, -0.2) is 17.1 Å². The van der Waals surface area contributed by atoms with Crippen molar-refractivity contribution >= 4 is 17.3 Å². The van der Waals surface area contributed by atoms with Gasteiger partial charge in [0, 0.05) is 18.0 Å². The lowest BCUT2D eigenvalue weighted by atomic mass is 10.2. The van der Waals surface area contributed by atoms with Crippen LogP contribution in [0.3, 0.4) is 0 Å². The Kier molecular flexibility index (Phi) is 4.83. The van der Waals surface area contributed by atoms with Crippen molar-refractivity contribution in [2.24, 2.45) is 0 Å². The van der Waals surface area contributed by atoms with Gasteiger partial charge in [-0.1, -0.05) is 12.1 Å². The van der Waals surface area contributed by atoms with Crippen LogP contribution in [0.2, 0.25) is 0 Å². The Morgan fingerprint density at radius 3 is 2.77 bits per heavy atom. The minimum Gasteiger partial charge on any atom is -0.492 e. The van der Waals surface area contributed by atoms with Gasteiger partial charge in [0.1, 0.15) is 11.8 Å². The van der Waals surface area contributed by atoms with Gasteiger partial charge in [0.05, 0.1) is 12.3 Å². The zero-order chi connectivity index (χ0) is 16.1. The smallest absolute Gasteiger partial charge is 0.251 e. The van der Waals surface area contributed by atoms with E-state index in [-0.39, 0.29) is 11.5 Å². The third kappa shape index (κ3) is 3.46. The first-order valence-corrected chi connectivity index (χ1v) is 7.03. The van der Waals surface area contributed by atoms with Crippen LogP contribution in [-0.2, 0) is 4.79 Å². The second-order valence-corrected chi connectivity index (χ2v) is 4.80. The highest BCUT2D eigenvalue weighted by atomic mass is 16.5. The van der Waals surface area contributed by atoms with Gasteiger partial charge in [0.15, 0.2) is 0 Å². The summed E-state index contributed by atoms with van der Waals surface area (Å²) in [6.07, 6.45) is 1.46. The first-order valence-electron chi connectivity index (χ1n) is 7.03. The maximum atomic E-state index is 12.4. The number of hydrogen-bond donors (Lipinski definition) is 2. The molecule has 1 amide bonds. The number of nitrogens with zero attached hydrogens (tertiary/aromatic N) is 1. The monoisotopic (exact) mass is 301 g/mol. The molecular formula is C16H19N3O3. The van der Waals surface area contributed by atoms with Gasteiger partial charge in [-0.15, -0.1) is 0 Å². The van der Waals surface area contributed by atoms with Crippen LogP contribution in [0.15, 0.2) is 47.4 Å². The van der Waals surface area contributed by atoms with Crippen LogP contribution in [0.25, 0.3) is 0 Å². The second-order valence-electron chi connectivity index (χ2n) is 4.80. The van der Waals surface area contributed by atoms with E-state index in [4.69, 9.17) is 10.5 Å². The first kappa shape index (κ1) is 15.6. The van der Waals surface area contributed by atoms with Crippen LogP contribution < -0.4 is 21.3 Å². The summed E-state index contributed by atoms with van der Waals surface area (Å²) in [6, 6.07) is 9.31. The predicted molar refractivity (Wildman–Crippen MR) is 86.1 cm³/mol. The Hall–Kier alpha value is -2.76. The lowest BCUT2D eigenvalue weighted by molar-refractivity contribution is -0.118. The van der Waals surface area contributed by atoms with Crippen molar-refractivity contribution in [1.29, 1.82) is 0 Å². The van der Waals surface area contributed by atoms with E-state index < -0.39 is 6.04 Å². The summed E-state index contributed by atoms with van der Waals surface area (Å²) >= 11 is 0. The Bertz CT molecular complexity index is 725. The summed E-state index contributed by atoms with van der Waals surface area (Å²) in [5, 5.41) is 2.78. The standard InChI is InChI=1S/C16H19N3O3/c1-3-22-14-7-5-4-6-13(14)18-16(21)11(2)19-10-12(17)8-9-15(19)20/h4-11H,3,17H2,1-2H3,(H,18,21). The molecule has 0 saturated heterocycles. The fourth-order valence-corrected chi connectivity index (χ4v) is 2.04. The average molecular weight is 301 g/mol. The topological polar surface area (TPSA) is 86.3 Å². The fraction of sp³-hybridized carbons (Fsp3) is 0.250. The Balaban J connectivity index is 2.22. The minimum atomic E-state index is -0.689. The Labute approximate surface area is 128 Å². The van der Waals surface area contributed by atoms with Crippen molar-refractivity contribution in [3.63, 3.8) is 0 Å². The van der Waals surface area contributed by atoms with Crippen molar-refractivity contribution < 1.29 is 9.53 Å². The molecule has 3 N–H and O–H groups in total. The molecule has 0 aliphatic heterocycles. The normalized spacial score (nSPS) is 11.7. The van der Waals surface area contributed by atoms with Crippen molar-refractivity contribution in [2.45, 2.75) is 19.9 Å². The molecule has 0 radical (unpaired) electrons. The van der Waals surface area contributed by atoms with Gasteiger partial charge in [-0.25, -0.2) is 0 Å². The van der Waals surface area contributed by atoms with Crippen LogP contribution >= 0.6 is 0 Å². The third-order valence-corrected chi connectivity index (χ3v) is 3.20. The van der Waals surface area contributed by atoms with Gasteiger partial charge in [-0.05, 0) is 32.0 Å². The van der Waals surface area contributed by atoms with Crippen LogP contribution in [0.5, 0.6) is 5.75 Å². The van der Waals surface area contributed by atoms with E-state index in [1.807, 2.05) is 13.0 Å². The maximum Gasteiger partial charge on any atom is 0.251 e. The number of nitrogen functional groups attached to an aromatic ring is 1. The summed E-state index contributed by atoms with van der Waals surface area (Å²) in [6.45, 7) is 4.00. The summed E-state index contributed by atoms with van der Waals surface area (Å²) in [4.78, 5) is 24.2.